The summed E-state index contributed by atoms with van der Waals surface area (Å²) < 4.78 is 0. The van der Waals surface area contributed by atoms with Crippen LogP contribution in [0.1, 0.15) is 251 Å². The van der Waals surface area contributed by atoms with E-state index in [-0.39, 0.29) is 53.1 Å². The second-order valence-corrected chi connectivity index (χ2v) is 16.7. The Balaban J connectivity index is 1.79. The summed E-state index contributed by atoms with van der Waals surface area (Å²) in [7, 11) is 0. The number of rotatable bonds is 36. The zero-order chi connectivity index (χ0) is 41.7. The fourth-order valence-electron chi connectivity index (χ4n) is 7.89. The Kier molecular flexibility index (Phi) is 26.7. The summed E-state index contributed by atoms with van der Waals surface area (Å²) in [5.41, 5.74) is -0.243. The molecule has 0 unspecified atom stereocenters. The second kappa shape index (κ2) is 30.6. The standard InChI is InChI=1S/C49H80O8/c1-3-5-7-9-11-13-15-17-19-21-23-25-27-29-31-33-42(50)40-36-38(44(52)48(56)46(40)54)35-39-37-41(47(55)49(57)45(39)53)43(51)34-32-30-28-26-24-22-20-18-16-14-12-10-8-6-4-2/h36-37,52-57H,3-35H2,1-2H3. The molecule has 0 fully saturated rings. The molecule has 8 heteroatoms. The minimum absolute atomic E-state index is 0.0198. The molecule has 0 amide bonds. The van der Waals surface area contributed by atoms with Gasteiger partial charge in [-0.05, 0) is 25.0 Å². The zero-order valence-corrected chi connectivity index (χ0v) is 36.0. The maximum absolute atomic E-state index is 13.1. The molecule has 324 valence electrons. The van der Waals surface area contributed by atoms with E-state index in [0.717, 1.165) is 38.5 Å². The number of phenolic OH excluding ortho intramolecular Hbond substituents is 6. The molecule has 2 rings (SSSR count). The van der Waals surface area contributed by atoms with Gasteiger partial charge in [-0.15, -0.1) is 0 Å². The van der Waals surface area contributed by atoms with Gasteiger partial charge in [-0.3, -0.25) is 9.59 Å². The summed E-state index contributed by atoms with van der Waals surface area (Å²) in [6, 6.07) is 2.55. The fourth-order valence-corrected chi connectivity index (χ4v) is 7.89. The normalized spacial score (nSPS) is 11.4. The predicted octanol–water partition coefficient (Wildman–Crippen LogP) is 14.4. The Morgan fingerprint density at radius 3 is 0.807 bits per heavy atom. The van der Waals surface area contributed by atoms with E-state index in [0.29, 0.717) is 12.8 Å². The van der Waals surface area contributed by atoms with Gasteiger partial charge in [0, 0.05) is 30.4 Å². The largest absolute Gasteiger partial charge is 0.504 e. The number of hydrogen-bond acceptors (Lipinski definition) is 8. The summed E-state index contributed by atoms with van der Waals surface area (Å²) in [6.07, 6.45) is 36.2. The summed E-state index contributed by atoms with van der Waals surface area (Å²) in [5, 5.41) is 63.5. The first kappa shape index (κ1) is 49.7. The molecule has 8 nitrogen and oxygen atoms in total. The lowest BCUT2D eigenvalue weighted by Gasteiger charge is -2.15. The number of Topliss-reactive ketones (excluding diaryl/α,β-unsaturated/α-hetero) is 2. The van der Waals surface area contributed by atoms with E-state index in [4.69, 9.17) is 0 Å². The van der Waals surface area contributed by atoms with Crippen LogP contribution in [0.15, 0.2) is 12.1 Å². The van der Waals surface area contributed by atoms with Gasteiger partial charge >= 0.3 is 0 Å². The van der Waals surface area contributed by atoms with Crippen LogP contribution in [0.5, 0.6) is 34.5 Å². The van der Waals surface area contributed by atoms with Crippen molar-refractivity contribution in [3.05, 3.63) is 34.4 Å². The third kappa shape index (κ3) is 19.7. The van der Waals surface area contributed by atoms with Gasteiger partial charge in [0.15, 0.2) is 34.6 Å². The molecular weight excluding hydrogens is 717 g/mol. The molecule has 2 aromatic carbocycles. The molecule has 57 heavy (non-hydrogen) atoms. The Bertz CT molecular complexity index is 1310. The maximum atomic E-state index is 13.1. The average molecular weight is 797 g/mol. The van der Waals surface area contributed by atoms with Gasteiger partial charge in [-0.2, -0.15) is 0 Å². The Labute approximate surface area is 345 Å². The van der Waals surface area contributed by atoms with Crippen molar-refractivity contribution in [3.63, 3.8) is 0 Å². The number of benzene rings is 2. The van der Waals surface area contributed by atoms with Crippen LogP contribution in [0.25, 0.3) is 0 Å². The quantitative estimate of drug-likeness (QED) is 0.0226. The summed E-state index contributed by atoms with van der Waals surface area (Å²) in [6.45, 7) is 4.49. The lowest BCUT2D eigenvalue weighted by atomic mass is 9.93. The van der Waals surface area contributed by atoms with Gasteiger partial charge in [0.1, 0.15) is 0 Å². The third-order valence-corrected chi connectivity index (χ3v) is 11.6. The predicted molar refractivity (Wildman–Crippen MR) is 233 cm³/mol. The van der Waals surface area contributed by atoms with E-state index in [1.54, 1.807) is 0 Å². The number of phenols is 6. The minimum atomic E-state index is -0.848. The molecule has 0 aliphatic carbocycles. The van der Waals surface area contributed by atoms with Gasteiger partial charge in [0.25, 0.3) is 0 Å². The SMILES string of the molecule is CCCCCCCCCCCCCCCCCC(=O)c1cc(Cc2cc(C(=O)CCCCCCCCCCCCCCCCC)c(O)c(O)c2O)c(O)c(O)c1O. The monoisotopic (exact) mass is 797 g/mol. The van der Waals surface area contributed by atoms with Gasteiger partial charge in [0.05, 0.1) is 11.1 Å². The number of ketones is 2. The average Bonchev–Trinajstić information content (AvgIpc) is 3.20. The molecule has 0 bridgehead atoms. The lowest BCUT2D eigenvalue weighted by molar-refractivity contribution is 0.0967. The molecule has 0 saturated heterocycles. The van der Waals surface area contributed by atoms with Gasteiger partial charge in [0.2, 0.25) is 11.5 Å². The van der Waals surface area contributed by atoms with Gasteiger partial charge in [-0.25, -0.2) is 0 Å². The minimum Gasteiger partial charge on any atom is -0.504 e. The van der Waals surface area contributed by atoms with Crippen molar-refractivity contribution in [1.29, 1.82) is 0 Å². The first-order chi connectivity index (χ1) is 27.6. The van der Waals surface area contributed by atoms with Crippen LogP contribution in [0.3, 0.4) is 0 Å². The number of unbranched alkanes of at least 4 members (excludes halogenated alkanes) is 28. The van der Waals surface area contributed by atoms with E-state index in [1.807, 2.05) is 0 Å². The van der Waals surface area contributed by atoms with Crippen molar-refractivity contribution < 1.29 is 40.2 Å². The molecule has 0 atom stereocenters. The highest BCUT2D eigenvalue weighted by atomic mass is 16.3. The van der Waals surface area contributed by atoms with E-state index in [1.165, 1.54) is 153 Å². The van der Waals surface area contributed by atoms with E-state index in [9.17, 15) is 40.2 Å². The number of aromatic hydroxyl groups is 6. The molecule has 0 radical (unpaired) electrons. The molecule has 0 heterocycles. The van der Waals surface area contributed by atoms with E-state index >= 15 is 0 Å². The summed E-state index contributed by atoms with van der Waals surface area (Å²) in [5.74, 6) is -5.22. The number of hydrogen-bond donors (Lipinski definition) is 6. The smallest absolute Gasteiger partial charge is 0.201 e. The van der Waals surface area contributed by atoms with Crippen LogP contribution in [0.4, 0.5) is 0 Å². The summed E-state index contributed by atoms with van der Waals surface area (Å²) >= 11 is 0. The highest BCUT2D eigenvalue weighted by Crippen LogP contribution is 2.45. The van der Waals surface area contributed by atoms with Crippen LogP contribution in [-0.2, 0) is 6.42 Å². The third-order valence-electron chi connectivity index (χ3n) is 11.6. The van der Waals surface area contributed by atoms with Crippen molar-refractivity contribution in [2.75, 3.05) is 0 Å². The Morgan fingerprint density at radius 1 is 0.333 bits per heavy atom. The first-order valence-corrected chi connectivity index (χ1v) is 23.2. The van der Waals surface area contributed by atoms with Crippen molar-refractivity contribution >= 4 is 11.6 Å². The topological polar surface area (TPSA) is 156 Å². The van der Waals surface area contributed by atoms with Crippen LogP contribution in [0.2, 0.25) is 0 Å². The zero-order valence-electron chi connectivity index (χ0n) is 36.0. The van der Waals surface area contributed by atoms with Crippen LogP contribution in [-0.4, -0.2) is 42.2 Å². The molecule has 0 saturated carbocycles. The van der Waals surface area contributed by atoms with Crippen LogP contribution >= 0.6 is 0 Å². The van der Waals surface area contributed by atoms with Crippen LogP contribution < -0.4 is 0 Å². The van der Waals surface area contributed by atoms with Gasteiger partial charge in [-0.1, -0.05) is 194 Å². The first-order valence-electron chi connectivity index (χ1n) is 23.2. The number of carbonyl (C=O) groups is 2. The highest BCUT2D eigenvalue weighted by Gasteiger charge is 2.25. The fraction of sp³-hybridized carbons (Fsp3) is 0.714. The molecule has 0 aliphatic rings. The van der Waals surface area contributed by atoms with E-state index in [2.05, 4.69) is 13.8 Å². The molecule has 0 aliphatic heterocycles. The molecule has 2 aromatic rings. The van der Waals surface area contributed by atoms with Crippen molar-refractivity contribution in [2.45, 2.75) is 226 Å². The van der Waals surface area contributed by atoms with Gasteiger partial charge < -0.3 is 30.6 Å². The lowest BCUT2D eigenvalue weighted by Crippen LogP contribution is -2.04. The number of carbonyl (C=O) groups excluding carboxylic acids is 2. The highest BCUT2D eigenvalue weighted by molar-refractivity contribution is 6.01. The Hall–Kier alpha value is -3.42. The van der Waals surface area contributed by atoms with Crippen molar-refractivity contribution in [2.24, 2.45) is 0 Å². The van der Waals surface area contributed by atoms with Crippen molar-refractivity contribution in [1.82, 2.24) is 0 Å². The molecule has 0 aromatic heterocycles. The Morgan fingerprint density at radius 2 is 0.561 bits per heavy atom. The van der Waals surface area contributed by atoms with E-state index < -0.39 is 34.5 Å². The molecular formula is C49H80O8. The summed E-state index contributed by atoms with van der Waals surface area (Å²) in [4.78, 5) is 26.3. The second-order valence-electron chi connectivity index (χ2n) is 16.7. The van der Waals surface area contributed by atoms with Crippen molar-refractivity contribution in [3.8, 4) is 34.5 Å². The molecule has 6 N–H and O–H groups in total. The molecule has 0 spiro atoms. The maximum Gasteiger partial charge on any atom is 0.201 e. The van der Waals surface area contributed by atoms with Crippen LogP contribution in [0, 0.1) is 0 Å².